The first kappa shape index (κ1) is 20.1. The van der Waals surface area contributed by atoms with Gasteiger partial charge < -0.3 is 4.74 Å². The van der Waals surface area contributed by atoms with Crippen LogP contribution in [0.2, 0.25) is 0 Å². The quantitative estimate of drug-likeness (QED) is 0.667. The van der Waals surface area contributed by atoms with Crippen LogP contribution in [0.1, 0.15) is 12.0 Å². The number of ether oxygens (including phenoxy) is 1. The molecule has 1 saturated heterocycles. The van der Waals surface area contributed by atoms with Gasteiger partial charge in [0.05, 0.1) is 11.2 Å². The van der Waals surface area contributed by atoms with Crippen LogP contribution in [0.5, 0.6) is 11.5 Å². The zero-order chi connectivity index (χ0) is 21.5. The molecule has 1 unspecified atom stereocenters. The van der Waals surface area contributed by atoms with Gasteiger partial charge in [0, 0.05) is 31.7 Å². The number of nitrogens with zero attached hydrogens (tertiary/aromatic N) is 4. The predicted octanol–water partition coefficient (Wildman–Crippen LogP) is 3.08. The molecule has 2 aromatic carbocycles. The number of alkyl halides is 1. The number of aryl methyl sites for hydroxylation is 1. The van der Waals surface area contributed by atoms with Gasteiger partial charge in [-0.15, -0.1) is 0 Å². The largest absolute Gasteiger partial charge is 0.453 e. The number of hydrogen-bond acceptors (Lipinski definition) is 5. The Bertz CT molecular complexity index is 1270. The molecule has 1 aromatic heterocycles. The fraction of sp³-hybridized carbons (Fsp3) is 0.263. The number of benzene rings is 2. The molecule has 0 amide bonds. The summed E-state index contributed by atoms with van der Waals surface area (Å²) >= 11 is 0. The molecule has 0 saturated carbocycles. The van der Waals surface area contributed by atoms with E-state index in [1.165, 1.54) is 0 Å². The summed E-state index contributed by atoms with van der Waals surface area (Å²) in [4.78, 5) is 0. The SMILES string of the molecule is Cn1cc2cc(Oc3c(F)ccc(NS(=O)(=O)N4CCC(F)C4)c3C#N)ccc2n1. The zero-order valence-electron chi connectivity index (χ0n) is 15.8. The number of fused-ring (bicyclic) bond motifs is 1. The van der Waals surface area contributed by atoms with E-state index in [2.05, 4.69) is 9.82 Å². The topological polar surface area (TPSA) is 100 Å². The lowest BCUT2D eigenvalue weighted by Gasteiger charge is -2.18. The van der Waals surface area contributed by atoms with E-state index in [-0.39, 0.29) is 36.5 Å². The Morgan fingerprint density at radius 2 is 2.13 bits per heavy atom. The lowest BCUT2D eigenvalue weighted by atomic mass is 10.1. The molecule has 1 fully saturated rings. The van der Waals surface area contributed by atoms with Crippen molar-refractivity contribution in [1.29, 1.82) is 5.26 Å². The molecular weight excluding hydrogens is 416 g/mol. The Balaban J connectivity index is 1.67. The summed E-state index contributed by atoms with van der Waals surface area (Å²) in [5, 5.41) is 14.5. The molecular formula is C19H17F2N5O3S. The molecule has 1 aliphatic heterocycles. The first-order valence-corrected chi connectivity index (χ1v) is 10.5. The molecule has 1 aliphatic rings. The maximum absolute atomic E-state index is 14.5. The summed E-state index contributed by atoms with van der Waals surface area (Å²) in [6.07, 6.45) is 0.606. The van der Waals surface area contributed by atoms with Crippen LogP contribution in [0.25, 0.3) is 10.9 Å². The number of halogens is 2. The van der Waals surface area contributed by atoms with Crippen LogP contribution in [-0.4, -0.2) is 41.8 Å². The summed E-state index contributed by atoms with van der Waals surface area (Å²) in [6, 6.07) is 8.80. The van der Waals surface area contributed by atoms with Crippen LogP contribution in [0.3, 0.4) is 0 Å². The fourth-order valence-electron chi connectivity index (χ4n) is 3.27. The van der Waals surface area contributed by atoms with Gasteiger partial charge >= 0.3 is 10.2 Å². The highest BCUT2D eigenvalue weighted by atomic mass is 32.2. The number of hydrogen-bond donors (Lipinski definition) is 1. The third kappa shape index (κ3) is 3.79. The zero-order valence-corrected chi connectivity index (χ0v) is 16.7. The Hall–Kier alpha value is -3.23. The first-order valence-electron chi connectivity index (χ1n) is 9.02. The highest BCUT2D eigenvalue weighted by Gasteiger charge is 2.32. The van der Waals surface area contributed by atoms with Crippen LogP contribution in [0.15, 0.2) is 36.5 Å². The van der Waals surface area contributed by atoms with Crippen molar-refractivity contribution in [2.75, 3.05) is 17.8 Å². The number of rotatable bonds is 5. The third-order valence-corrected chi connectivity index (χ3v) is 6.19. The van der Waals surface area contributed by atoms with Crippen LogP contribution < -0.4 is 9.46 Å². The predicted molar refractivity (Wildman–Crippen MR) is 106 cm³/mol. The lowest BCUT2D eigenvalue weighted by Crippen LogP contribution is -2.34. The van der Waals surface area contributed by atoms with Crippen molar-refractivity contribution in [2.24, 2.45) is 7.05 Å². The minimum Gasteiger partial charge on any atom is -0.453 e. The first-order chi connectivity index (χ1) is 14.3. The molecule has 8 nitrogen and oxygen atoms in total. The second kappa shape index (κ2) is 7.55. The van der Waals surface area contributed by atoms with E-state index in [4.69, 9.17) is 4.74 Å². The number of anilines is 1. The maximum atomic E-state index is 14.5. The smallest absolute Gasteiger partial charge is 0.301 e. The average molecular weight is 433 g/mol. The van der Waals surface area contributed by atoms with Crippen molar-refractivity contribution in [1.82, 2.24) is 14.1 Å². The third-order valence-electron chi connectivity index (χ3n) is 4.70. The van der Waals surface area contributed by atoms with Gasteiger partial charge in [-0.2, -0.15) is 23.1 Å². The van der Waals surface area contributed by atoms with Crippen molar-refractivity contribution in [3.8, 4) is 17.6 Å². The van der Waals surface area contributed by atoms with Gasteiger partial charge in [0.15, 0.2) is 11.6 Å². The van der Waals surface area contributed by atoms with Gasteiger partial charge in [0.1, 0.15) is 23.6 Å². The van der Waals surface area contributed by atoms with Crippen LogP contribution in [0.4, 0.5) is 14.5 Å². The highest BCUT2D eigenvalue weighted by Crippen LogP contribution is 2.34. The Kier molecular flexibility index (Phi) is 5.05. The Labute approximate surface area is 171 Å². The van der Waals surface area contributed by atoms with Gasteiger partial charge in [0.2, 0.25) is 0 Å². The minimum atomic E-state index is -4.10. The molecule has 156 valence electrons. The van der Waals surface area contributed by atoms with E-state index >= 15 is 0 Å². The Morgan fingerprint density at radius 1 is 1.33 bits per heavy atom. The second-order valence-electron chi connectivity index (χ2n) is 6.89. The van der Waals surface area contributed by atoms with E-state index in [0.29, 0.717) is 5.52 Å². The van der Waals surface area contributed by atoms with Gasteiger partial charge in [-0.25, -0.2) is 8.78 Å². The number of nitriles is 1. The molecule has 0 aliphatic carbocycles. The number of nitrogens with one attached hydrogen (secondary N) is 1. The van der Waals surface area contributed by atoms with E-state index in [1.54, 1.807) is 42.2 Å². The summed E-state index contributed by atoms with van der Waals surface area (Å²) in [7, 11) is -2.34. The maximum Gasteiger partial charge on any atom is 0.301 e. The molecule has 0 bridgehead atoms. The van der Waals surface area contributed by atoms with E-state index in [1.807, 2.05) is 0 Å². The van der Waals surface area contributed by atoms with Crippen molar-refractivity contribution in [3.63, 3.8) is 0 Å². The molecule has 1 atom stereocenters. The molecule has 0 radical (unpaired) electrons. The van der Waals surface area contributed by atoms with E-state index in [9.17, 15) is 22.5 Å². The van der Waals surface area contributed by atoms with Crippen LogP contribution in [0, 0.1) is 17.1 Å². The van der Waals surface area contributed by atoms with Gasteiger partial charge in [-0.05, 0) is 36.8 Å². The second-order valence-corrected chi connectivity index (χ2v) is 8.56. The molecule has 4 rings (SSSR count). The van der Waals surface area contributed by atoms with E-state index in [0.717, 1.165) is 21.8 Å². The molecule has 30 heavy (non-hydrogen) atoms. The molecule has 3 aromatic rings. The minimum absolute atomic E-state index is 0.0219. The summed E-state index contributed by atoms with van der Waals surface area (Å²) in [5.41, 5.74) is 0.239. The average Bonchev–Trinajstić information content (AvgIpc) is 3.29. The monoisotopic (exact) mass is 433 g/mol. The van der Waals surface area contributed by atoms with Gasteiger partial charge in [-0.3, -0.25) is 9.40 Å². The van der Waals surface area contributed by atoms with Crippen molar-refractivity contribution in [2.45, 2.75) is 12.6 Å². The van der Waals surface area contributed by atoms with Gasteiger partial charge in [0.25, 0.3) is 0 Å². The molecule has 1 N–H and O–H groups in total. The van der Waals surface area contributed by atoms with Crippen LogP contribution in [-0.2, 0) is 17.3 Å². The molecule has 2 heterocycles. The molecule has 11 heteroatoms. The summed E-state index contributed by atoms with van der Waals surface area (Å²) in [6.45, 7) is -0.249. The van der Waals surface area contributed by atoms with Crippen molar-refractivity contribution in [3.05, 3.63) is 47.9 Å². The fourth-order valence-corrected chi connectivity index (χ4v) is 4.55. The summed E-state index contributed by atoms with van der Waals surface area (Å²) in [5.74, 6) is -0.984. The lowest BCUT2D eigenvalue weighted by molar-refractivity contribution is 0.343. The Morgan fingerprint density at radius 3 is 2.83 bits per heavy atom. The van der Waals surface area contributed by atoms with Crippen LogP contribution >= 0.6 is 0 Å². The number of aromatic nitrogens is 2. The van der Waals surface area contributed by atoms with Gasteiger partial charge in [-0.1, -0.05) is 0 Å². The summed E-state index contributed by atoms with van der Waals surface area (Å²) < 4.78 is 63.3. The standard InChI is InChI=1S/C19H17F2N5O3S/c1-25-10-12-8-14(2-4-17(12)23-25)29-19-15(9-22)18(5-3-16(19)21)24-30(27,28)26-7-6-13(20)11-26/h2-5,8,10,13,24H,6-7,11H2,1H3. The normalized spacial score (nSPS) is 17.2. The van der Waals surface area contributed by atoms with E-state index < -0.39 is 27.9 Å². The van der Waals surface area contributed by atoms with Crippen molar-refractivity contribution < 1.29 is 21.9 Å². The van der Waals surface area contributed by atoms with Crippen molar-refractivity contribution >= 4 is 26.8 Å². The highest BCUT2D eigenvalue weighted by molar-refractivity contribution is 7.90. The molecule has 0 spiro atoms.